The van der Waals surface area contributed by atoms with Crippen LogP contribution in [0.3, 0.4) is 0 Å². The number of hydrogen-bond acceptors (Lipinski definition) is 3. The molecule has 2 heterocycles. The van der Waals surface area contributed by atoms with Gasteiger partial charge in [0.25, 0.3) is 0 Å². The fourth-order valence-electron chi connectivity index (χ4n) is 4.13. The van der Waals surface area contributed by atoms with Crippen molar-refractivity contribution in [2.45, 2.75) is 59.2 Å². The number of fused-ring (bicyclic) bond motifs is 1. The second-order valence-electron chi connectivity index (χ2n) is 7.93. The van der Waals surface area contributed by atoms with E-state index in [-0.39, 0.29) is 0 Å². The van der Waals surface area contributed by atoms with Gasteiger partial charge in [0, 0.05) is 51.5 Å². The number of guanidine groups is 1. The highest BCUT2D eigenvalue weighted by Gasteiger charge is 2.22. The third-order valence-corrected chi connectivity index (χ3v) is 5.82. The second-order valence-corrected chi connectivity index (χ2v) is 7.93. The molecule has 29 heavy (non-hydrogen) atoms. The maximum Gasteiger partial charge on any atom is 0.191 e. The monoisotopic (exact) mass is 396 g/mol. The standard InChI is InChI=1S/C23H36N6/c1-5-22(28-14-11-20-9-6-7-10-21(20)17-28)16-26-23(24-4)25-12-8-13-29-19(3)15-18(2)27-29/h6-7,9-10,15,22H,5,8,11-14,16-17H2,1-4H3,(H2,24,25,26). The van der Waals surface area contributed by atoms with E-state index in [4.69, 9.17) is 0 Å². The molecule has 158 valence electrons. The van der Waals surface area contributed by atoms with Gasteiger partial charge in [-0.3, -0.25) is 14.6 Å². The third-order valence-electron chi connectivity index (χ3n) is 5.82. The largest absolute Gasteiger partial charge is 0.356 e. The number of aliphatic imine (C=N–C) groups is 1. The molecule has 0 radical (unpaired) electrons. The van der Waals surface area contributed by atoms with Gasteiger partial charge in [-0.25, -0.2) is 0 Å². The molecule has 1 unspecified atom stereocenters. The van der Waals surface area contributed by atoms with E-state index in [1.807, 2.05) is 14.0 Å². The molecule has 3 rings (SSSR count). The van der Waals surface area contributed by atoms with Gasteiger partial charge in [-0.05, 0) is 50.3 Å². The van der Waals surface area contributed by atoms with Gasteiger partial charge in [-0.15, -0.1) is 0 Å². The predicted octanol–water partition coefficient (Wildman–Crippen LogP) is 2.89. The van der Waals surface area contributed by atoms with Crippen molar-refractivity contribution in [3.8, 4) is 0 Å². The SMILES string of the molecule is CCC(CNC(=NC)NCCCn1nc(C)cc1C)N1CCc2ccccc2C1. The molecular weight excluding hydrogens is 360 g/mol. The molecule has 0 saturated heterocycles. The van der Waals surface area contributed by atoms with Crippen LogP contribution < -0.4 is 10.6 Å². The number of hydrogen-bond donors (Lipinski definition) is 2. The Kier molecular flexibility index (Phi) is 7.69. The topological polar surface area (TPSA) is 57.5 Å². The molecule has 0 saturated carbocycles. The van der Waals surface area contributed by atoms with Crippen LogP contribution in [0.2, 0.25) is 0 Å². The van der Waals surface area contributed by atoms with Gasteiger partial charge in [0.05, 0.1) is 5.69 Å². The lowest BCUT2D eigenvalue weighted by atomic mass is 9.98. The quantitative estimate of drug-likeness (QED) is 0.409. The minimum Gasteiger partial charge on any atom is -0.356 e. The van der Waals surface area contributed by atoms with Crippen molar-refractivity contribution >= 4 is 5.96 Å². The van der Waals surface area contributed by atoms with Crippen LogP contribution in [0.5, 0.6) is 0 Å². The van der Waals surface area contributed by atoms with Crippen LogP contribution in [0.25, 0.3) is 0 Å². The summed E-state index contributed by atoms with van der Waals surface area (Å²) in [5.41, 5.74) is 5.29. The van der Waals surface area contributed by atoms with Crippen molar-refractivity contribution < 1.29 is 0 Å². The number of nitrogens with one attached hydrogen (secondary N) is 2. The van der Waals surface area contributed by atoms with E-state index in [2.05, 4.69) is 74.5 Å². The molecule has 2 N–H and O–H groups in total. The molecule has 2 aromatic rings. The highest BCUT2D eigenvalue weighted by atomic mass is 15.3. The highest BCUT2D eigenvalue weighted by Crippen LogP contribution is 2.21. The van der Waals surface area contributed by atoms with Crippen molar-refractivity contribution in [2.24, 2.45) is 4.99 Å². The average molecular weight is 397 g/mol. The minimum atomic E-state index is 0.511. The third kappa shape index (κ3) is 5.82. The molecule has 0 bridgehead atoms. The van der Waals surface area contributed by atoms with E-state index in [9.17, 15) is 0 Å². The van der Waals surface area contributed by atoms with Crippen molar-refractivity contribution in [1.82, 2.24) is 25.3 Å². The molecule has 6 nitrogen and oxygen atoms in total. The van der Waals surface area contributed by atoms with E-state index in [1.165, 1.54) is 16.8 Å². The summed E-state index contributed by atoms with van der Waals surface area (Å²) < 4.78 is 2.08. The fraction of sp³-hybridized carbons (Fsp3) is 0.565. The Labute approximate surface area is 175 Å². The van der Waals surface area contributed by atoms with E-state index in [0.717, 1.165) is 63.6 Å². The summed E-state index contributed by atoms with van der Waals surface area (Å²) in [6.45, 7) is 11.3. The van der Waals surface area contributed by atoms with Crippen LogP contribution >= 0.6 is 0 Å². The van der Waals surface area contributed by atoms with Crippen LogP contribution in [-0.2, 0) is 19.5 Å². The van der Waals surface area contributed by atoms with Gasteiger partial charge in [-0.2, -0.15) is 5.10 Å². The Bertz CT molecular complexity index is 809. The van der Waals surface area contributed by atoms with Crippen LogP contribution in [0.1, 0.15) is 42.3 Å². The van der Waals surface area contributed by atoms with Gasteiger partial charge in [0.2, 0.25) is 0 Å². The molecule has 0 fully saturated rings. The molecular formula is C23H36N6. The van der Waals surface area contributed by atoms with Gasteiger partial charge < -0.3 is 10.6 Å². The number of aromatic nitrogens is 2. The summed E-state index contributed by atoms with van der Waals surface area (Å²) in [5, 5.41) is 11.5. The first-order chi connectivity index (χ1) is 14.1. The summed E-state index contributed by atoms with van der Waals surface area (Å²) in [7, 11) is 1.84. The first kappa shape index (κ1) is 21.4. The van der Waals surface area contributed by atoms with Crippen molar-refractivity contribution in [2.75, 3.05) is 26.7 Å². The summed E-state index contributed by atoms with van der Waals surface area (Å²) in [6, 6.07) is 11.5. The van der Waals surface area contributed by atoms with Crippen LogP contribution in [0, 0.1) is 13.8 Å². The first-order valence-electron chi connectivity index (χ1n) is 10.9. The van der Waals surface area contributed by atoms with Crippen molar-refractivity contribution in [3.63, 3.8) is 0 Å². The molecule has 1 aromatic heterocycles. The maximum atomic E-state index is 4.52. The smallest absolute Gasteiger partial charge is 0.191 e. The Morgan fingerprint density at radius 3 is 2.69 bits per heavy atom. The number of benzene rings is 1. The number of rotatable bonds is 8. The molecule has 1 aliphatic heterocycles. The Hall–Kier alpha value is -2.34. The lowest BCUT2D eigenvalue weighted by Gasteiger charge is -2.35. The summed E-state index contributed by atoms with van der Waals surface area (Å²) >= 11 is 0. The molecule has 1 aromatic carbocycles. The predicted molar refractivity (Wildman–Crippen MR) is 120 cm³/mol. The van der Waals surface area contributed by atoms with Gasteiger partial charge in [0.1, 0.15) is 0 Å². The average Bonchev–Trinajstić information content (AvgIpc) is 3.06. The number of aryl methyl sites for hydroxylation is 3. The maximum absolute atomic E-state index is 4.52. The van der Waals surface area contributed by atoms with Gasteiger partial charge in [0.15, 0.2) is 5.96 Å². The minimum absolute atomic E-state index is 0.511. The van der Waals surface area contributed by atoms with E-state index >= 15 is 0 Å². The fourth-order valence-corrected chi connectivity index (χ4v) is 4.13. The van der Waals surface area contributed by atoms with E-state index < -0.39 is 0 Å². The molecule has 1 atom stereocenters. The van der Waals surface area contributed by atoms with Gasteiger partial charge in [-0.1, -0.05) is 31.2 Å². The Balaban J connectivity index is 1.42. The lowest BCUT2D eigenvalue weighted by molar-refractivity contribution is 0.174. The van der Waals surface area contributed by atoms with Crippen molar-refractivity contribution in [3.05, 3.63) is 52.8 Å². The van der Waals surface area contributed by atoms with Gasteiger partial charge >= 0.3 is 0 Å². The summed E-state index contributed by atoms with van der Waals surface area (Å²) in [5.74, 6) is 0.884. The summed E-state index contributed by atoms with van der Waals surface area (Å²) in [4.78, 5) is 7.00. The van der Waals surface area contributed by atoms with Crippen LogP contribution in [0.15, 0.2) is 35.3 Å². The van der Waals surface area contributed by atoms with Crippen LogP contribution in [0.4, 0.5) is 0 Å². The molecule has 0 amide bonds. The highest BCUT2D eigenvalue weighted by molar-refractivity contribution is 5.79. The molecule has 6 heteroatoms. The zero-order chi connectivity index (χ0) is 20.6. The molecule has 0 aliphatic carbocycles. The Morgan fingerprint density at radius 2 is 2.00 bits per heavy atom. The van der Waals surface area contributed by atoms with E-state index in [0.29, 0.717) is 6.04 Å². The molecule has 1 aliphatic rings. The Morgan fingerprint density at radius 1 is 1.21 bits per heavy atom. The first-order valence-corrected chi connectivity index (χ1v) is 10.9. The van der Waals surface area contributed by atoms with Crippen LogP contribution in [-0.4, -0.2) is 53.4 Å². The number of nitrogens with zero attached hydrogens (tertiary/aromatic N) is 4. The van der Waals surface area contributed by atoms with Crippen molar-refractivity contribution in [1.29, 1.82) is 0 Å². The van der Waals surface area contributed by atoms with E-state index in [1.54, 1.807) is 0 Å². The summed E-state index contributed by atoms with van der Waals surface area (Å²) in [6.07, 6.45) is 3.29. The normalized spacial score (nSPS) is 15.8. The zero-order valence-electron chi connectivity index (χ0n) is 18.4. The lowest BCUT2D eigenvalue weighted by Crippen LogP contribution is -2.48. The zero-order valence-corrected chi connectivity index (χ0v) is 18.4. The second kappa shape index (κ2) is 10.4. The molecule has 0 spiro atoms.